The van der Waals surface area contributed by atoms with Crippen LogP contribution in [0.3, 0.4) is 0 Å². The van der Waals surface area contributed by atoms with Gasteiger partial charge in [-0.1, -0.05) is 0 Å². The molecular formula is C12H18N4O2. The Morgan fingerprint density at radius 3 is 2.33 bits per heavy atom. The van der Waals surface area contributed by atoms with Gasteiger partial charge in [0.2, 0.25) is 5.91 Å². The Labute approximate surface area is 106 Å². The Morgan fingerprint density at radius 2 is 1.89 bits per heavy atom. The molecule has 1 aromatic rings. The number of aryl methyl sites for hydroxylation is 1. The van der Waals surface area contributed by atoms with Crippen molar-refractivity contribution in [2.24, 2.45) is 11.6 Å². The highest BCUT2D eigenvalue weighted by molar-refractivity contribution is 5.99. The summed E-state index contributed by atoms with van der Waals surface area (Å²) in [4.78, 5) is 23.2. The number of rotatable bonds is 4. The van der Waals surface area contributed by atoms with Crippen LogP contribution in [-0.4, -0.2) is 17.4 Å². The molecule has 0 saturated heterocycles. The first-order valence-corrected chi connectivity index (χ1v) is 5.47. The zero-order valence-electron chi connectivity index (χ0n) is 10.7. The number of nitrogens with two attached hydrogens (primary N) is 2. The van der Waals surface area contributed by atoms with Gasteiger partial charge >= 0.3 is 0 Å². The highest BCUT2D eigenvalue weighted by Gasteiger charge is 2.27. The Hall–Kier alpha value is -2.08. The molecule has 0 heterocycles. The minimum absolute atomic E-state index is 0.347. The topological polar surface area (TPSA) is 110 Å². The Kier molecular flexibility index (Phi) is 3.93. The number of nitrogen functional groups attached to an aromatic ring is 1. The monoisotopic (exact) mass is 250 g/mol. The molecular weight excluding hydrogens is 232 g/mol. The number of amides is 2. The predicted octanol–water partition coefficient (Wildman–Crippen LogP) is 0.274. The zero-order chi connectivity index (χ0) is 13.9. The number of hydrogen-bond acceptors (Lipinski definition) is 4. The smallest absolute Gasteiger partial charge is 0.252 e. The molecule has 0 saturated carbocycles. The number of nitrogens with one attached hydrogen (secondary N) is 2. The number of primary amides is 1. The minimum atomic E-state index is -1.09. The second-order valence-corrected chi connectivity index (χ2v) is 4.62. The van der Waals surface area contributed by atoms with E-state index in [0.29, 0.717) is 11.3 Å². The van der Waals surface area contributed by atoms with Gasteiger partial charge in [-0.2, -0.15) is 0 Å². The van der Waals surface area contributed by atoms with Crippen molar-refractivity contribution in [3.63, 3.8) is 0 Å². The van der Waals surface area contributed by atoms with E-state index >= 15 is 0 Å². The second kappa shape index (κ2) is 5.05. The van der Waals surface area contributed by atoms with Crippen molar-refractivity contribution in [1.82, 2.24) is 5.32 Å². The van der Waals surface area contributed by atoms with Crippen molar-refractivity contribution >= 4 is 17.5 Å². The van der Waals surface area contributed by atoms with Gasteiger partial charge in [-0.05, 0) is 44.5 Å². The summed E-state index contributed by atoms with van der Waals surface area (Å²) >= 11 is 0. The van der Waals surface area contributed by atoms with Gasteiger partial charge in [-0.3, -0.25) is 15.4 Å². The van der Waals surface area contributed by atoms with Crippen molar-refractivity contribution in [2.75, 3.05) is 5.43 Å². The number of hydrogen-bond donors (Lipinski definition) is 4. The van der Waals surface area contributed by atoms with Crippen molar-refractivity contribution in [2.45, 2.75) is 26.3 Å². The average Bonchev–Trinajstić information content (AvgIpc) is 2.27. The minimum Gasteiger partial charge on any atom is -0.368 e. The molecule has 1 rings (SSSR count). The van der Waals surface area contributed by atoms with Crippen LogP contribution < -0.4 is 22.3 Å². The third-order valence-corrected chi connectivity index (χ3v) is 2.68. The van der Waals surface area contributed by atoms with Gasteiger partial charge in [0.1, 0.15) is 5.54 Å². The fourth-order valence-corrected chi connectivity index (χ4v) is 1.42. The summed E-state index contributed by atoms with van der Waals surface area (Å²) in [7, 11) is 0. The molecule has 0 spiro atoms. The molecule has 0 unspecified atom stereocenters. The SMILES string of the molecule is Cc1cc(NN)ccc1C(=O)NC(C)(C)C(N)=O. The molecule has 0 bridgehead atoms. The molecule has 6 N–H and O–H groups in total. The maximum Gasteiger partial charge on any atom is 0.252 e. The highest BCUT2D eigenvalue weighted by Crippen LogP contribution is 2.15. The summed E-state index contributed by atoms with van der Waals surface area (Å²) in [6.45, 7) is 4.89. The van der Waals surface area contributed by atoms with E-state index in [1.54, 1.807) is 39.0 Å². The average molecular weight is 250 g/mol. The van der Waals surface area contributed by atoms with Crippen LogP contribution in [0.1, 0.15) is 29.8 Å². The highest BCUT2D eigenvalue weighted by atomic mass is 16.2. The lowest BCUT2D eigenvalue weighted by atomic mass is 10.0. The maximum atomic E-state index is 12.0. The van der Waals surface area contributed by atoms with Gasteiger partial charge in [0.25, 0.3) is 5.91 Å². The lowest BCUT2D eigenvalue weighted by Gasteiger charge is -2.22. The molecule has 1 aromatic carbocycles. The quantitative estimate of drug-likeness (QED) is 0.454. The third-order valence-electron chi connectivity index (χ3n) is 2.68. The van der Waals surface area contributed by atoms with Crippen LogP contribution in [0.25, 0.3) is 0 Å². The third kappa shape index (κ3) is 2.98. The van der Waals surface area contributed by atoms with Crippen LogP contribution >= 0.6 is 0 Å². The van der Waals surface area contributed by atoms with E-state index in [1.165, 1.54) is 0 Å². The van der Waals surface area contributed by atoms with Crippen LogP contribution in [0.2, 0.25) is 0 Å². The Balaban J connectivity index is 2.95. The van der Waals surface area contributed by atoms with Crippen LogP contribution in [0.15, 0.2) is 18.2 Å². The first-order chi connectivity index (χ1) is 8.27. The predicted molar refractivity (Wildman–Crippen MR) is 69.7 cm³/mol. The summed E-state index contributed by atoms with van der Waals surface area (Å²) in [5.74, 6) is 4.34. The molecule has 0 aliphatic heterocycles. The standard InChI is InChI=1S/C12H18N4O2/c1-7-6-8(16-14)4-5-9(7)10(17)15-12(2,3)11(13)18/h4-6,16H,14H2,1-3H3,(H2,13,18)(H,15,17). The van der Waals surface area contributed by atoms with Gasteiger partial charge in [-0.15, -0.1) is 0 Å². The lowest BCUT2D eigenvalue weighted by molar-refractivity contribution is -0.122. The molecule has 0 aliphatic rings. The molecule has 0 radical (unpaired) electrons. The van der Waals surface area contributed by atoms with Crippen molar-refractivity contribution in [3.05, 3.63) is 29.3 Å². The van der Waals surface area contributed by atoms with E-state index in [4.69, 9.17) is 11.6 Å². The molecule has 98 valence electrons. The van der Waals surface area contributed by atoms with E-state index < -0.39 is 11.4 Å². The normalized spacial score (nSPS) is 10.9. The number of anilines is 1. The summed E-state index contributed by atoms with van der Waals surface area (Å²) in [6.07, 6.45) is 0. The summed E-state index contributed by atoms with van der Waals surface area (Å²) in [5.41, 5.74) is 8.54. The fraction of sp³-hybridized carbons (Fsp3) is 0.333. The first kappa shape index (κ1) is 14.0. The molecule has 0 aromatic heterocycles. The van der Waals surface area contributed by atoms with E-state index in [9.17, 15) is 9.59 Å². The van der Waals surface area contributed by atoms with E-state index in [-0.39, 0.29) is 5.91 Å². The van der Waals surface area contributed by atoms with Crippen LogP contribution in [0, 0.1) is 6.92 Å². The van der Waals surface area contributed by atoms with Crippen molar-refractivity contribution in [1.29, 1.82) is 0 Å². The molecule has 6 nitrogen and oxygen atoms in total. The first-order valence-electron chi connectivity index (χ1n) is 5.47. The van der Waals surface area contributed by atoms with E-state index in [0.717, 1.165) is 5.56 Å². The maximum absolute atomic E-state index is 12.0. The Morgan fingerprint density at radius 1 is 1.28 bits per heavy atom. The Bertz CT molecular complexity index is 483. The molecule has 0 atom stereocenters. The van der Waals surface area contributed by atoms with Crippen LogP contribution in [0.5, 0.6) is 0 Å². The van der Waals surface area contributed by atoms with Crippen LogP contribution in [-0.2, 0) is 4.79 Å². The van der Waals surface area contributed by atoms with Crippen molar-refractivity contribution < 1.29 is 9.59 Å². The molecule has 18 heavy (non-hydrogen) atoms. The van der Waals surface area contributed by atoms with Gasteiger partial charge in [0, 0.05) is 11.3 Å². The van der Waals surface area contributed by atoms with E-state index in [1.807, 2.05) is 0 Å². The molecule has 2 amide bonds. The number of carbonyl (C=O) groups excluding carboxylic acids is 2. The zero-order valence-corrected chi connectivity index (χ0v) is 10.7. The molecule has 6 heteroatoms. The summed E-state index contributed by atoms with van der Waals surface area (Å²) in [5, 5.41) is 2.59. The molecule has 0 fully saturated rings. The number of hydrazine groups is 1. The van der Waals surface area contributed by atoms with Gasteiger partial charge in [0.05, 0.1) is 0 Å². The summed E-state index contributed by atoms with van der Waals surface area (Å²) < 4.78 is 0. The van der Waals surface area contributed by atoms with Crippen LogP contribution in [0.4, 0.5) is 5.69 Å². The van der Waals surface area contributed by atoms with E-state index in [2.05, 4.69) is 10.7 Å². The van der Waals surface area contributed by atoms with Gasteiger partial charge in [0.15, 0.2) is 0 Å². The van der Waals surface area contributed by atoms with Crippen molar-refractivity contribution in [3.8, 4) is 0 Å². The van der Waals surface area contributed by atoms with Gasteiger partial charge in [-0.25, -0.2) is 0 Å². The van der Waals surface area contributed by atoms with Gasteiger partial charge < -0.3 is 16.5 Å². The summed E-state index contributed by atoms with van der Waals surface area (Å²) in [6, 6.07) is 5.06. The number of carbonyl (C=O) groups is 2. The number of benzene rings is 1. The largest absolute Gasteiger partial charge is 0.368 e. The second-order valence-electron chi connectivity index (χ2n) is 4.62. The lowest BCUT2D eigenvalue weighted by Crippen LogP contribution is -2.53. The fourth-order valence-electron chi connectivity index (χ4n) is 1.42. The molecule has 0 aliphatic carbocycles.